The summed E-state index contributed by atoms with van der Waals surface area (Å²) in [5, 5.41) is 3.17. The number of alkyl halides is 3. The molecular formula is C13H16BrF3N2. The fourth-order valence-corrected chi connectivity index (χ4v) is 2.83. The highest BCUT2D eigenvalue weighted by Crippen LogP contribution is 2.34. The van der Waals surface area contributed by atoms with Crippen LogP contribution in [0.5, 0.6) is 0 Å². The van der Waals surface area contributed by atoms with Gasteiger partial charge in [-0.05, 0) is 43.9 Å². The SMILES string of the molecule is NC1CCC(Nc2cc(Br)cc(C(F)(F)F)c2)CC1. The molecule has 2 nitrogen and oxygen atoms in total. The molecule has 1 fully saturated rings. The molecule has 0 spiro atoms. The fourth-order valence-electron chi connectivity index (χ4n) is 2.34. The lowest BCUT2D eigenvalue weighted by molar-refractivity contribution is -0.137. The number of nitrogens with one attached hydrogen (secondary N) is 1. The number of hydrogen-bond acceptors (Lipinski definition) is 2. The zero-order chi connectivity index (χ0) is 14.0. The highest BCUT2D eigenvalue weighted by Gasteiger charge is 2.31. The Labute approximate surface area is 118 Å². The van der Waals surface area contributed by atoms with Crippen LogP contribution in [0.25, 0.3) is 0 Å². The lowest BCUT2D eigenvalue weighted by Gasteiger charge is -2.28. The van der Waals surface area contributed by atoms with Gasteiger partial charge in [0.05, 0.1) is 5.56 Å². The second-order valence-electron chi connectivity index (χ2n) is 4.98. The van der Waals surface area contributed by atoms with Gasteiger partial charge in [-0.15, -0.1) is 0 Å². The number of nitrogens with two attached hydrogens (primary N) is 1. The van der Waals surface area contributed by atoms with Gasteiger partial charge in [0, 0.05) is 22.2 Å². The highest BCUT2D eigenvalue weighted by atomic mass is 79.9. The van der Waals surface area contributed by atoms with Crippen molar-refractivity contribution < 1.29 is 13.2 Å². The highest BCUT2D eigenvalue weighted by molar-refractivity contribution is 9.10. The topological polar surface area (TPSA) is 38.0 Å². The van der Waals surface area contributed by atoms with Gasteiger partial charge in [-0.2, -0.15) is 13.2 Å². The molecule has 0 aliphatic heterocycles. The molecule has 0 amide bonds. The van der Waals surface area contributed by atoms with E-state index in [-0.39, 0.29) is 12.1 Å². The lowest BCUT2D eigenvalue weighted by atomic mass is 9.91. The minimum absolute atomic E-state index is 0.204. The first kappa shape index (κ1) is 14.7. The van der Waals surface area contributed by atoms with Gasteiger partial charge in [0.15, 0.2) is 0 Å². The second kappa shape index (κ2) is 5.71. The third-order valence-corrected chi connectivity index (χ3v) is 3.83. The Morgan fingerprint density at radius 2 is 1.74 bits per heavy atom. The summed E-state index contributed by atoms with van der Waals surface area (Å²) in [6.45, 7) is 0. The van der Waals surface area contributed by atoms with Crippen molar-refractivity contribution in [1.82, 2.24) is 0 Å². The average Bonchev–Trinajstić information content (AvgIpc) is 2.30. The smallest absolute Gasteiger partial charge is 0.382 e. The van der Waals surface area contributed by atoms with Crippen LogP contribution < -0.4 is 11.1 Å². The molecule has 1 aromatic rings. The molecule has 0 saturated heterocycles. The van der Waals surface area contributed by atoms with E-state index in [0.29, 0.717) is 10.2 Å². The van der Waals surface area contributed by atoms with Crippen LogP contribution in [0.3, 0.4) is 0 Å². The van der Waals surface area contributed by atoms with Crippen molar-refractivity contribution in [1.29, 1.82) is 0 Å². The van der Waals surface area contributed by atoms with E-state index in [1.165, 1.54) is 0 Å². The van der Waals surface area contributed by atoms with Crippen molar-refractivity contribution in [3.05, 3.63) is 28.2 Å². The monoisotopic (exact) mass is 336 g/mol. The average molecular weight is 337 g/mol. The van der Waals surface area contributed by atoms with Crippen LogP contribution in [-0.2, 0) is 6.18 Å². The molecular weight excluding hydrogens is 321 g/mol. The van der Waals surface area contributed by atoms with Crippen LogP contribution in [0.1, 0.15) is 31.2 Å². The van der Waals surface area contributed by atoms with E-state index in [1.54, 1.807) is 6.07 Å². The van der Waals surface area contributed by atoms with Crippen LogP contribution in [0, 0.1) is 0 Å². The van der Waals surface area contributed by atoms with Crippen molar-refractivity contribution in [2.45, 2.75) is 43.9 Å². The number of anilines is 1. The molecule has 3 N–H and O–H groups in total. The Balaban J connectivity index is 2.10. The van der Waals surface area contributed by atoms with Gasteiger partial charge in [-0.25, -0.2) is 0 Å². The quantitative estimate of drug-likeness (QED) is 0.851. The molecule has 1 aliphatic carbocycles. The first-order chi connectivity index (χ1) is 8.84. The van der Waals surface area contributed by atoms with E-state index in [4.69, 9.17) is 5.73 Å². The van der Waals surface area contributed by atoms with Gasteiger partial charge in [-0.3, -0.25) is 0 Å². The van der Waals surface area contributed by atoms with Crippen LogP contribution in [0.2, 0.25) is 0 Å². The van der Waals surface area contributed by atoms with E-state index in [1.807, 2.05) is 0 Å². The van der Waals surface area contributed by atoms with E-state index in [9.17, 15) is 13.2 Å². The Morgan fingerprint density at radius 1 is 1.11 bits per heavy atom. The Morgan fingerprint density at radius 3 is 2.32 bits per heavy atom. The van der Waals surface area contributed by atoms with Crippen LogP contribution in [0.4, 0.5) is 18.9 Å². The maximum atomic E-state index is 12.7. The van der Waals surface area contributed by atoms with Crippen molar-refractivity contribution in [2.75, 3.05) is 5.32 Å². The Kier molecular flexibility index (Phi) is 4.40. The van der Waals surface area contributed by atoms with Crippen molar-refractivity contribution in [3.63, 3.8) is 0 Å². The fraction of sp³-hybridized carbons (Fsp3) is 0.538. The summed E-state index contributed by atoms with van der Waals surface area (Å²) < 4.78 is 38.6. The third kappa shape index (κ3) is 4.11. The minimum atomic E-state index is -4.32. The van der Waals surface area contributed by atoms with Crippen molar-refractivity contribution in [2.24, 2.45) is 5.73 Å². The number of benzene rings is 1. The van der Waals surface area contributed by atoms with Gasteiger partial charge >= 0.3 is 6.18 Å². The summed E-state index contributed by atoms with van der Waals surface area (Å²) in [7, 11) is 0. The van der Waals surface area contributed by atoms with Crippen LogP contribution >= 0.6 is 15.9 Å². The van der Waals surface area contributed by atoms with Gasteiger partial charge in [0.2, 0.25) is 0 Å². The molecule has 1 aliphatic rings. The Bertz CT molecular complexity index is 440. The summed E-state index contributed by atoms with van der Waals surface area (Å²) in [5.41, 5.74) is 5.67. The van der Waals surface area contributed by atoms with E-state index >= 15 is 0 Å². The standard InChI is InChI=1S/C13H16BrF3N2/c14-9-5-8(13(15,16)17)6-12(7-9)19-11-3-1-10(18)2-4-11/h5-7,10-11,19H,1-4,18H2. The molecule has 19 heavy (non-hydrogen) atoms. The molecule has 0 unspecified atom stereocenters. The van der Waals surface area contributed by atoms with Crippen molar-refractivity contribution in [3.8, 4) is 0 Å². The number of halogens is 4. The first-order valence-corrected chi connectivity index (χ1v) is 7.04. The minimum Gasteiger partial charge on any atom is -0.382 e. The van der Waals surface area contributed by atoms with Gasteiger partial charge in [0.25, 0.3) is 0 Å². The number of rotatable bonds is 2. The third-order valence-electron chi connectivity index (χ3n) is 3.37. The molecule has 1 saturated carbocycles. The maximum absolute atomic E-state index is 12.7. The summed E-state index contributed by atoms with van der Waals surface area (Å²) in [4.78, 5) is 0. The molecule has 6 heteroatoms. The molecule has 0 bridgehead atoms. The number of hydrogen-bond donors (Lipinski definition) is 2. The molecule has 1 aromatic carbocycles. The van der Waals surface area contributed by atoms with Gasteiger partial charge in [-0.1, -0.05) is 15.9 Å². The zero-order valence-electron chi connectivity index (χ0n) is 10.3. The maximum Gasteiger partial charge on any atom is 0.416 e. The molecule has 0 radical (unpaired) electrons. The van der Waals surface area contributed by atoms with Gasteiger partial charge in [0.1, 0.15) is 0 Å². The molecule has 106 valence electrons. The molecule has 2 rings (SSSR count). The molecule has 0 heterocycles. The van der Waals surface area contributed by atoms with E-state index < -0.39 is 11.7 Å². The van der Waals surface area contributed by atoms with E-state index in [2.05, 4.69) is 21.2 Å². The second-order valence-corrected chi connectivity index (χ2v) is 5.90. The summed E-state index contributed by atoms with van der Waals surface area (Å²) in [6.07, 6.45) is -0.700. The summed E-state index contributed by atoms with van der Waals surface area (Å²) in [6, 6.07) is 4.34. The molecule has 0 aromatic heterocycles. The van der Waals surface area contributed by atoms with Crippen molar-refractivity contribution >= 4 is 21.6 Å². The summed E-state index contributed by atoms with van der Waals surface area (Å²) >= 11 is 3.12. The molecule has 0 atom stereocenters. The lowest BCUT2D eigenvalue weighted by Crippen LogP contribution is -2.32. The summed E-state index contributed by atoms with van der Waals surface area (Å²) in [5.74, 6) is 0. The predicted molar refractivity (Wildman–Crippen MR) is 73.0 cm³/mol. The van der Waals surface area contributed by atoms with Crippen LogP contribution in [-0.4, -0.2) is 12.1 Å². The Hall–Kier alpha value is -0.750. The zero-order valence-corrected chi connectivity index (χ0v) is 11.9. The van der Waals surface area contributed by atoms with Gasteiger partial charge < -0.3 is 11.1 Å². The largest absolute Gasteiger partial charge is 0.416 e. The van der Waals surface area contributed by atoms with Crippen LogP contribution in [0.15, 0.2) is 22.7 Å². The predicted octanol–water partition coefficient (Wildman–Crippen LogP) is 4.15. The van der Waals surface area contributed by atoms with E-state index in [0.717, 1.165) is 37.8 Å². The normalized spacial score (nSPS) is 24.3. The first-order valence-electron chi connectivity index (χ1n) is 6.24.